The lowest BCUT2D eigenvalue weighted by molar-refractivity contribution is -0.169. The summed E-state index contributed by atoms with van der Waals surface area (Å²) in [6, 6.07) is 11.7. The number of benzene rings is 2. The molecule has 0 N–H and O–H groups in total. The van der Waals surface area contributed by atoms with Gasteiger partial charge in [-0.05, 0) is 60.1 Å². The van der Waals surface area contributed by atoms with Gasteiger partial charge in [0.15, 0.2) is 11.5 Å². The van der Waals surface area contributed by atoms with Crippen LogP contribution in [0.5, 0.6) is 11.5 Å². The summed E-state index contributed by atoms with van der Waals surface area (Å²) in [6.07, 6.45) is 5.58. The van der Waals surface area contributed by atoms with Crippen LogP contribution in [-0.2, 0) is 20.8 Å². The summed E-state index contributed by atoms with van der Waals surface area (Å²) >= 11 is 6.12. The van der Waals surface area contributed by atoms with E-state index < -0.39 is 12.1 Å². The van der Waals surface area contributed by atoms with Crippen LogP contribution < -0.4 is 9.47 Å². The fraction of sp³-hybridized carbons (Fsp3) is 0.393. The lowest BCUT2D eigenvalue weighted by atomic mass is 9.85. The van der Waals surface area contributed by atoms with E-state index in [2.05, 4.69) is 12.2 Å². The average molecular weight is 507 g/mol. The molecule has 7 nitrogen and oxygen atoms in total. The number of carbonyl (C=O) groups excluding carboxylic acids is 3. The molecule has 6 unspecified atom stereocenters. The molecule has 0 aromatic heterocycles. The van der Waals surface area contributed by atoms with Gasteiger partial charge in [0, 0.05) is 11.6 Å². The SMILES string of the molecule is COc1ccc(CCN2C(=O)C(N3C(=O)C4C5C=CC(C5)C4C3=O)C2c2ccc(Cl)cc2)cc1OC. The maximum atomic E-state index is 13.5. The molecule has 2 heterocycles. The summed E-state index contributed by atoms with van der Waals surface area (Å²) in [5, 5.41) is 0.586. The maximum absolute atomic E-state index is 13.5. The highest BCUT2D eigenvalue weighted by atomic mass is 35.5. The van der Waals surface area contributed by atoms with Crippen LogP contribution in [0.2, 0.25) is 5.02 Å². The Labute approximate surface area is 214 Å². The molecule has 2 aromatic rings. The Morgan fingerprint density at radius 2 is 1.47 bits per heavy atom. The van der Waals surface area contributed by atoms with Gasteiger partial charge < -0.3 is 14.4 Å². The zero-order chi connectivity index (χ0) is 25.1. The van der Waals surface area contributed by atoms with Crippen molar-refractivity contribution in [2.45, 2.75) is 24.9 Å². The summed E-state index contributed by atoms with van der Waals surface area (Å²) in [4.78, 5) is 43.5. The Morgan fingerprint density at radius 1 is 0.833 bits per heavy atom. The Bertz CT molecular complexity index is 1250. The fourth-order valence-electron chi connectivity index (χ4n) is 6.54. The molecule has 6 atom stereocenters. The van der Waals surface area contributed by atoms with Gasteiger partial charge in [0.2, 0.25) is 17.7 Å². The molecule has 2 aliphatic carbocycles. The zero-order valence-corrected chi connectivity index (χ0v) is 20.9. The number of ether oxygens (including phenoxy) is 2. The molecule has 2 aliphatic heterocycles. The molecule has 3 amide bonds. The van der Waals surface area contributed by atoms with Crippen molar-refractivity contribution in [2.24, 2.45) is 23.7 Å². The monoisotopic (exact) mass is 506 g/mol. The molecule has 6 rings (SSSR count). The molecule has 186 valence electrons. The highest BCUT2D eigenvalue weighted by molar-refractivity contribution is 6.30. The van der Waals surface area contributed by atoms with Crippen molar-refractivity contribution >= 4 is 29.3 Å². The predicted octanol–water partition coefficient (Wildman–Crippen LogP) is 3.66. The standard InChI is InChI=1S/C28H27ClN2O5/c1-35-20-10-3-15(13-21(20)36-2)11-12-30-24(16-6-8-19(29)9-7-16)25(28(30)34)31-26(32)22-17-4-5-18(14-17)23(22)27(31)33/h3-10,13,17-18,22-25H,11-12,14H2,1-2H3. The summed E-state index contributed by atoms with van der Waals surface area (Å²) in [5.74, 6) is 0.229. The van der Waals surface area contributed by atoms with E-state index in [1.54, 1.807) is 31.3 Å². The highest BCUT2D eigenvalue weighted by Gasteiger charge is 2.65. The van der Waals surface area contributed by atoms with E-state index >= 15 is 0 Å². The van der Waals surface area contributed by atoms with Crippen LogP contribution in [0.3, 0.4) is 0 Å². The smallest absolute Gasteiger partial charge is 0.248 e. The number of hydrogen-bond donors (Lipinski definition) is 0. The number of β-lactam (4-membered cyclic amide) rings is 1. The van der Waals surface area contributed by atoms with E-state index in [1.807, 2.05) is 30.3 Å². The van der Waals surface area contributed by atoms with Gasteiger partial charge in [-0.25, -0.2) is 0 Å². The molecule has 1 saturated carbocycles. The molecule has 2 bridgehead atoms. The topological polar surface area (TPSA) is 76.2 Å². The van der Waals surface area contributed by atoms with Crippen LogP contribution in [0.1, 0.15) is 23.6 Å². The summed E-state index contributed by atoms with van der Waals surface area (Å²) in [6.45, 7) is 0.438. The Hall–Kier alpha value is -3.32. The number of amides is 3. The van der Waals surface area contributed by atoms with Crippen LogP contribution in [0.4, 0.5) is 0 Å². The number of likely N-dealkylation sites (tertiary alicyclic amines) is 2. The molecule has 0 spiro atoms. The van der Waals surface area contributed by atoms with E-state index in [-0.39, 0.29) is 41.4 Å². The number of imide groups is 1. The largest absolute Gasteiger partial charge is 0.493 e. The van der Waals surface area contributed by atoms with Crippen molar-refractivity contribution in [2.75, 3.05) is 20.8 Å². The Kier molecular flexibility index (Phi) is 5.56. The first kappa shape index (κ1) is 23.1. The average Bonchev–Trinajstić information content (AvgIpc) is 3.58. The molecule has 2 saturated heterocycles. The second-order valence-electron chi connectivity index (χ2n) is 9.96. The van der Waals surface area contributed by atoms with Gasteiger partial charge in [-0.2, -0.15) is 0 Å². The third-order valence-electron chi connectivity index (χ3n) is 8.25. The Balaban J connectivity index is 1.27. The zero-order valence-electron chi connectivity index (χ0n) is 20.1. The van der Waals surface area contributed by atoms with Gasteiger partial charge in [-0.15, -0.1) is 0 Å². The minimum absolute atomic E-state index is 0.103. The second-order valence-corrected chi connectivity index (χ2v) is 10.4. The van der Waals surface area contributed by atoms with Crippen molar-refractivity contribution in [3.63, 3.8) is 0 Å². The number of allylic oxidation sites excluding steroid dienone is 2. The predicted molar refractivity (Wildman–Crippen MR) is 133 cm³/mol. The van der Waals surface area contributed by atoms with E-state index in [0.29, 0.717) is 29.5 Å². The van der Waals surface area contributed by atoms with Crippen LogP contribution >= 0.6 is 11.6 Å². The van der Waals surface area contributed by atoms with Gasteiger partial charge >= 0.3 is 0 Å². The van der Waals surface area contributed by atoms with Crippen molar-refractivity contribution < 1.29 is 23.9 Å². The number of nitrogens with zero attached hydrogens (tertiary/aromatic N) is 2. The van der Waals surface area contributed by atoms with Crippen molar-refractivity contribution in [3.05, 3.63) is 70.8 Å². The summed E-state index contributed by atoms with van der Waals surface area (Å²) in [5.41, 5.74) is 1.85. The molecule has 4 aliphatic rings. The fourth-order valence-corrected chi connectivity index (χ4v) is 6.66. The van der Waals surface area contributed by atoms with E-state index in [9.17, 15) is 14.4 Å². The third-order valence-corrected chi connectivity index (χ3v) is 8.51. The van der Waals surface area contributed by atoms with Crippen LogP contribution in [-0.4, -0.2) is 54.3 Å². The molecular weight excluding hydrogens is 480 g/mol. The molecule has 3 fully saturated rings. The summed E-state index contributed by atoms with van der Waals surface area (Å²) in [7, 11) is 3.17. The van der Waals surface area contributed by atoms with Crippen molar-refractivity contribution in [1.29, 1.82) is 0 Å². The van der Waals surface area contributed by atoms with Gasteiger partial charge in [0.1, 0.15) is 6.04 Å². The third kappa shape index (κ3) is 3.36. The van der Waals surface area contributed by atoms with Gasteiger partial charge in [0.25, 0.3) is 0 Å². The molecule has 8 heteroatoms. The first-order valence-corrected chi connectivity index (χ1v) is 12.6. The number of hydrogen-bond acceptors (Lipinski definition) is 5. The first-order valence-electron chi connectivity index (χ1n) is 12.2. The van der Waals surface area contributed by atoms with E-state index in [0.717, 1.165) is 17.5 Å². The molecule has 36 heavy (non-hydrogen) atoms. The van der Waals surface area contributed by atoms with E-state index in [1.165, 1.54) is 4.90 Å². The van der Waals surface area contributed by atoms with Crippen molar-refractivity contribution in [3.8, 4) is 11.5 Å². The lowest BCUT2D eigenvalue weighted by Crippen LogP contribution is -2.67. The lowest BCUT2D eigenvalue weighted by Gasteiger charge is -2.50. The number of methoxy groups -OCH3 is 2. The first-order chi connectivity index (χ1) is 17.4. The van der Waals surface area contributed by atoms with E-state index in [4.69, 9.17) is 21.1 Å². The minimum Gasteiger partial charge on any atom is -0.493 e. The number of carbonyl (C=O) groups is 3. The van der Waals surface area contributed by atoms with Gasteiger partial charge in [-0.1, -0.05) is 42.0 Å². The number of fused-ring (bicyclic) bond motifs is 5. The normalized spacial score (nSPS) is 30.1. The van der Waals surface area contributed by atoms with Crippen molar-refractivity contribution in [1.82, 2.24) is 9.80 Å². The minimum atomic E-state index is -0.818. The Morgan fingerprint density at radius 3 is 2.08 bits per heavy atom. The quantitative estimate of drug-likeness (QED) is 0.325. The summed E-state index contributed by atoms with van der Waals surface area (Å²) < 4.78 is 10.7. The van der Waals surface area contributed by atoms with Gasteiger partial charge in [0.05, 0.1) is 32.1 Å². The van der Waals surface area contributed by atoms with Crippen LogP contribution in [0.15, 0.2) is 54.6 Å². The van der Waals surface area contributed by atoms with Crippen LogP contribution in [0, 0.1) is 23.7 Å². The molecule has 0 radical (unpaired) electrons. The second kappa shape index (κ2) is 8.66. The molecular formula is C28H27ClN2O5. The number of rotatable bonds is 7. The highest BCUT2D eigenvalue weighted by Crippen LogP contribution is 2.54. The van der Waals surface area contributed by atoms with Crippen LogP contribution in [0.25, 0.3) is 0 Å². The maximum Gasteiger partial charge on any atom is 0.248 e. The van der Waals surface area contributed by atoms with Gasteiger partial charge in [-0.3, -0.25) is 19.3 Å². The number of halogens is 1. The molecule has 2 aromatic carbocycles.